The molecule has 0 aliphatic carbocycles. The third-order valence-corrected chi connectivity index (χ3v) is 3.09. The number of aryl methyl sites for hydroxylation is 1. The van der Waals surface area contributed by atoms with Crippen molar-refractivity contribution in [2.75, 3.05) is 27.2 Å². The van der Waals surface area contributed by atoms with Crippen molar-refractivity contribution < 1.29 is 4.74 Å². The fraction of sp³-hybridized carbons (Fsp3) is 0.600. The van der Waals surface area contributed by atoms with Crippen LogP contribution in [-0.2, 0) is 13.0 Å². The molecule has 2 N–H and O–H groups in total. The Morgan fingerprint density at radius 3 is 2.61 bits per heavy atom. The minimum absolute atomic E-state index is 0.941. The van der Waals surface area contributed by atoms with Gasteiger partial charge < -0.3 is 15.4 Å². The first-order chi connectivity index (χ1) is 8.81. The zero-order valence-corrected chi connectivity index (χ0v) is 11.9. The van der Waals surface area contributed by atoms with Gasteiger partial charge in [0.25, 0.3) is 0 Å². The SMILES string of the molecule is CCc1cc(CNCCCCNC)ccc1OC. The summed E-state index contributed by atoms with van der Waals surface area (Å²) in [5.41, 5.74) is 2.62. The Hall–Kier alpha value is -1.06. The van der Waals surface area contributed by atoms with E-state index >= 15 is 0 Å². The van der Waals surface area contributed by atoms with Crippen LogP contribution in [0.1, 0.15) is 30.9 Å². The first-order valence-corrected chi connectivity index (χ1v) is 6.83. The lowest BCUT2D eigenvalue weighted by atomic mass is 10.1. The van der Waals surface area contributed by atoms with Crippen LogP contribution in [0.5, 0.6) is 5.75 Å². The largest absolute Gasteiger partial charge is 0.496 e. The number of hydrogen-bond donors (Lipinski definition) is 2. The van der Waals surface area contributed by atoms with Crippen molar-refractivity contribution in [1.29, 1.82) is 0 Å². The van der Waals surface area contributed by atoms with Crippen LogP contribution >= 0.6 is 0 Å². The molecule has 0 aliphatic rings. The lowest BCUT2D eigenvalue weighted by Crippen LogP contribution is -2.16. The van der Waals surface area contributed by atoms with Gasteiger partial charge in [0.1, 0.15) is 5.75 Å². The second-order valence-electron chi connectivity index (χ2n) is 4.49. The van der Waals surface area contributed by atoms with E-state index in [0.717, 1.165) is 31.8 Å². The van der Waals surface area contributed by atoms with Crippen LogP contribution < -0.4 is 15.4 Å². The molecule has 0 saturated heterocycles. The van der Waals surface area contributed by atoms with Gasteiger partial charge in [0.05, 0.1) is 7.11 Å². The molecule has 0 amide bonds. The molecule has 3 heteroatoms. The summed E-state index contributed by atoms with van der Waals surface area (Å²) >= 11 is 0. The van der Waals surface area contributed by atoms with Crippen molar-refractivity contribution in [3.8, 4) is 5.75 Å². The van der Waals surface area contributed by atoms with Gasteiger partial charge in [0, 0.05) is 6.54 Å². The van der Waals surface area contributed by atoms with Crippen molar-refractivity contribution in [3.05, 3.63) is 29.3 Å². The standard InChI is InChI=1S/C15H26N2O/c1-4-14-11-13(7-8-15(14)18-3)12-17-10-6-5-9-16-2/h7-8,11,16-17H,4-6,9-10,12H2,1-3H3. The quantitative estimate of drug-likeness (QED) is 0.660. The summed E-state index contributed by atoms with van der Waals surface area (Å²) in [7, 11) is 3.73. The van der Waals surface area contributed by atoms with Crippen LogP contribution in [-0.4, -0.2) is 27.2 Å². The minimum Gasteiger partial charge on any atom is -0.496 e. The molecule has 1 aromatic rings. The van der Waals surface area contributed by atoms with Gasteiger partial charge >= 0.3 is 0 Å². The summed E-state index contributed by atoms with van der Waals surface area (Å²) in [6, 6.07) is 6.44. The average molecular weight is 250 g/mol. The number of ether oxygens (including phenoxy) is 1. The van der Waals surface area contributed by atoms with Crippen molar-refractivity contribution >= 4 is 0 Å². The van der Waals surface area contributed by atoms with E-state index in [0.29, 0.717) is 0 Å². The van der Waals surface area contributed by atoms with Crippen LogP contribution in [0, 0.1) is 0 Å². The summed E-state index contributed by atoms with van der Waals surface area (Å²) in [5.74, 6) is 0.996. The lowest BCUT2D eigenvalue weighted by Gasteiger charge is -2.10. The van der Waals surface area contributed by atoms with Crippen LogP contribution in [0.2, 0.25) is 0 Å². The van der Waals surface area contributed by atoms with Crippen LogP contribution in [0.15, 0.2) is 18.2 Å². The van der Waals surface area contributed by atoms with Gasteiger partial charge in [-0.15, -0.1) is 0 Å². The maximum Gasteiger partial charge on any atom is 0.122 e. The zero-order valence-electron chi connectivity index (χ0n) is 11.9. The molecule has 0 aromatic heterocycles. The molecule has 3 nitrogen and oxygen atoms in total. The molecule has 102 valence electrons. The smallest absolute Gasteiger partial charge is 0.122 e. The highest BCUT2D eigenvalue weighted by Gasteiger charge is 2.02. The molecule has 0 atom stereocenters. The molecule has 0 radical (unpaired) electrons. The molecular weight excluding hydrogens is 224 g/mol. The average Bonchev–Trinajstić information content (AvgIpc) is 2.42. The topological polar surface area (TPSA) is 33.3 Å². The molecule has 0 heterocycles. The van der Waals surface area contributed by atoms with Crippen LogP contribution in [0.4, 0.5) is 0 Å². The van der Waals surface area contributed by atoms with E-state index in [1.807, 2.05) is 7.05 Å². The fourth-order valence-corrected chi connectivity index (χ4v) is 2.00. The number of nitrogens with one attached hydrogen (secondary N) is 2. The highest BCUT2D eigenvalue weighted by molar-refractivity contribution is 5.37. The number of benzene rings is 1. The summed E-state index contributed by atoms with van der Waals surface area (Å²) < 4.78 is 5.33. The zero-order chi connectivity index (χ0) is 13.2. The van der Waals surface area contributed by atoms with E-state index in [9.17, 15) is 0 Å². The molecule has 0 fully saturated rings. The molecule has 0 saturated carbocycles. The van der Waals surface area contributed by atoms with Gasteiger partial charge in [0.15, 0.2) is 0 Å². The molecule has 0 aliphatic heterocycles. The Labute approximate surface area is 111 Å². The molecule has 0 spiro atoms. The predicted octanol–water partition coefficient (Wildman–Crippen LogP) is 2.35. The highest BCUT2D eigenvalue weighted by atomic mass is 16.5. The van der Waals surface area contributed by atoms with E-state index < -0.39 is 0 Å². The van der Waals surface area contributed by atoms with Gasteiger partial charge in [-0.25, -0.2) is 0 Å². The summed E-state index contributed by atoms with van der Waals surface area (Å²) in [6.45, 7) is 5.28. The Morgan fingerprint density at radius 2 is 1.94 bits per heavy atom. The fourth-order valence-electron chi connectivity index (χ4n) is 2.00. The van der Waals surface area contributed by atoms with E-state index in [4.69, 9.17) is 4.74 Å². The molecule has 0 unspecified atom stereocenters. The number of unbranched alkanes of at least 4 members (excludes halogenated alkanes) is 1. The Balaban J connectivity index is 2.34. The van der Waals surface area contributed by atoms with E-state index in [1.54, 1.807) is 7.11 Å². The normalized spacial score (nSPS) is 10.6. The first kappa shape index (κ1) is 15.0. The Morgan fingerprint density at radius 1 is 1.17 bits per heavy atom. The van der Waals surface area contributed by atoms with E-state index in [2.05, 4.69) is 35.8 Å². The van der Waals surface area contributed by atoms with E-state index in [-0.39, 0.29) is 0 Å². The first-order valence-electron chi connectivity index (χ1n) is 6.83. The Kier molecular flexibility index (Phi) is 7.46. The monoisotopic (exact) mass is 250 g/mol. The third-order valence-electron chi connectivity index (χ3n) is 3.09. The summed E-state index contributed by atoms with van der Waals surface area (Å²) in [6.07, 6.45) is 3.46. The second kappa shape index (κ2) is 8.95. The molecule has 18 heavy (non-hydrogen) atoms. The van der Waals surface area contributed by atoms with Gasteiger partial charge in [-0.1, -0.05) is 19.1 Å². The predicted molar refractivity (Wildman–Crippen MR) is 77.2 cm³/mol. The van der Waals surface area contributed by atoms with Crippen molar-refractivity contribution in [1.82, 2.24) is 10.6 Å². The summed E-state index contributed by atoms with van der Waals surface area (Å²) in [5, 5.41) is 6.64. The molecular formula is C15H26N2O. The van der Waals surface area contributed by atoms with Crippen molar-refractivity contribution in [3.63, 3.8) is 0 Å². The minimum atomic E-state index is 0.941. The van der Waals surface area contributed by atoms with Crippen molar-refractivity contribution in [2.24, 2.45) is 0 Å². The molecule has 0 bridgehead atoms. The van der Waals surface area contributed by atoms with Crippen LogP contribution in [0.3, 0.4) is 0 Å². The third kappa shape index (κ3) is 5.07. The van der Waals surface area contributed by atoms with Gasteiger partial charge in [-0.3, -0.25) is 0 Å². The van der Waals surface area contributed by atoms with Gasteiger partial charge in [-0.2, -0.15) is 0 Å². The van der Waals surface area contributed by atoms with Crippen LogP contribution in [0.25, 0.3) is 0 Å². The van der Waals surface area contributed by atoms with Gasteiger partial charge in [0.2, 0.25) is 0 Å². The number of rotatable bonds is 9. The highest BCUT2D eigenvalue weighted by Crippen LogP contribution is 2.20. The summed E-state index contributed by atoms with van der Waals surface area (Å²) in [4.78, 5) is 0. The van der Waals surface area contributed by atoms with E-state index in [1.165, 1.54) is 24.0 Å². The Bertz CT molecular complexity index is 339. The molecule has 1 rings (SSSR count). The van der Waals surface area contributed by atoms with Crippen molar-refractivity contribution in [2.45, 2.75) is 32.7 Å². The second-order valence-corrected chi connectivity index (χ2v) is 4.49. The lowest BCUT2D eigenvalue weighted by molar-refractivity contribution is 0.410. The maximum absolute atomic E-state index is 5.33. The number of hydrogen-bond acceptors (Lipinski definition) is 3. The number of methoxy groups -OCH3 is 1. The molecule has 1 aromatic carbocycles. The van der Waals surface area contributed by atoms with Gasteiger partial charge in [-0.05, 0) is 56.6 Å². The maximum atomic E-state index is 5.33.